The van der Waals surface area contributed by atoms with Gasteiger partial charge in [0.2, 0.25) is 0 Å². The Bertz CT molecular complexity index is 626. The number of nitrogens with two attached hydrogens (primary N) is 1. The van der Waals surface area contributed by atoms with Crippen LogP contribution in [0.25, 0.3) is 0 Å². The zero-order chi connectivity index (χ0) is 13.4. The Hall–Kier alpha value is -1.38. The molecular formula is C15H14Cl2N2. The first-order chi connectivity index (χ1) is 9.15. The van der Waals surface area contributed by atoms with Gasteiger partial charge in [-0.05, 0) is 35.7 Å². The van der Waals surface area contributed by atoms with Crippen molar-refractivity contribution in [3.8, 4) is 0 Å². The lowest BCUT2D eigenvalue weighted by Gasteiger charge is -2.20. The SMILES string of the molecule is Nc1ccc2c(c1)N(Cc1cccc(Cl)c1Cl)CC2. The van der Waals surface area contributed by atoms with E-state index >= 15 is 0 Å². The van der Waals surface area contributed by atoms with Gasteiger partial charge in [-0.15, -0.1) is 0 Å². The summed E-state index contributed by atoms with van der Waals surface area (Å²) >= 11 is 12.3. The lowest BCUT2D eigenvalue weighted by atomic mass is 10.1. The molecule has 98 valence electrons. The molecule has 0 unspecified atom stereocenters. The molecule has 0 aromatic heterocycles. The fourth-order valence-electron chi connectivity index (χ4n) is 2.50. The highest BCUT2D eigenvalue weighted by atomic mass is 35.5. The van der Waals surface area contributed by atoms with Crippen LogP contribution in [0.5, 0.6) is 0 Å². The Morgan fingerprint density at radius 3 is 2.84 bits per heavy atom. The number of benzene rings is 2. The monoisotopic (exact) mass is 292 g/mol. The number of nitrogen functional groups attached to an aromatic ring is 1. The van der Waals surface area contributed by atoms with Crippen LogP contribution in [0, 0.1) is 0 Å². The van der Waals surface area contributed by atoms with Crippen LogP contribution in [0.2, 0.25) is 10.0 Å². The minimum absolute atomic E-state index is 0.603. The fourth-order valence-corrected chi connectivity index (χ4v) is 2.88. The first-order valence-electron chi connectivity index (χ1n) is 6.21. The second kappa shape index (κ2) is 4.95. The predicted octanol–water partition coefficient (Wildman–Crippen LogP) is 4.14. The standard InChI is InChI=1S/C15H14Cl2N2/c16-13-3-1-2-11(15(13)17)9-19-7-6-10-4-5-12(18)8-14(10)19/h1-5,8H,6-7,9,18H2. The number of rotatable bonds is 2. The van der Waals surface area contributed by atoms with Gasteiger partial charge in [-0.25, -0.2) is 0 Å². The third kappa shape index (κ3) is 2.38. The van der Waals surface area contributed by atoms with Crippen molar-refractivity contribution in [1.29, 1.82) is 0 Å². The maximum Gasteiger partial charge on any atom is 0.0642 e. The van der Waals surface area contributed by atoms with Gasteiger partial charge >= 0.3 is 0 Å². The molecule has 0 radical (unpaired) electrons. The van der Waals surface area contributed by atoms with E-state index in [4.69, 9.17) is 28.9 Å². The van der Waals surface area contributed by atoms with Crippen LogP contribution in [0.1, 0.15) is 11.1 Å². The number of fused-ring (bicyclic) bond motifs is 1. The molecule has 19 heavy (non-hydrogen) atoms. The zero-order valence-electron chi connectivity index (χ0n) is 10.4. The molecule has 1 aliphatic heterocycles. The van der Waals surface area contributed by atoms with E-state index < -0.39 is 0 Å². The Labute approximate surface area is 122 Å². The van der Waals surface area contributed by atoms with E-state index in [2.05, 4.69) is 11.0 Å². The number of nitrogens with zero attached hydrogens (tertiary/aromatic N) is 1. The normalized spacial score (nSPS) is 13.7. The van der Waals surface area contributed by atoms with Gasteiger partial charge in [0.25, 0.3) is 0 Å². The lowest BCUT2D eigenvalue weighted by molar-refractivity contribution is 0.836. The first-order valence-corrected chi connectivity index (χ1v) is 6.97. The molecule has 2 aromatic carbocycles. The quantitative estimate of drug-likeness (QED) is 0.843. The maximum absolute atomic E-state index is 6.25. The molecule has 2 N–H and O–H groups in total. The van der Waals surface area contributed by atoms with Crippen LogP contribution in [0.15, 0.2) is 36.4 Å². The maximum atomic E-state index is 6.25. The molecule has 0 saturated carbocycles. The third-order valence-corrected chi connectivity index (χ3v) is 4.35. The van der Waals surface area contributed by atoms with E-state index in [0.29, 0.717) is 10.0 Å². The molecular weight excluding hydrogens is 279 g/mol. The van der Waals surface area contributed by atoms with Gasteiger partial charge < -0.3 is 10.6 Å². The van der Waals surface area contributed by atoms with E-state index in [-0.39, 0.29) is 0 Å². The second-order valence-corrected chi connectivity index (χ2v) is 5.56. The van der Waals surface area contributed by atoms with Crippen molar-refractivity contribution in [2.45, 2.75) is 13.0 Å². The van der Waals surface area contributed by atoms with Crippen LogP contribution in [0.3, 0.4) is 0 Å². The third-order valence-electron chi connectivity index (χ3n) is 3.49. The van der Waals surface area contributed by atoms with Crippen molar-refractivity contribution in [1.82, 2.24) is 0 Å². The summed E-state index contributed by atoms with van der Waals surface area (Å²) in [5.74, 6) is 0. The smallest absolute Gasteiger partial charge is 0.0642 e. The van der Waals surface area contributed by atoms with Gasteiger partial charge in [0.15, 0.2) is 0 Å². The summed E-state index contributed by atoms with van der Waals surface area (Å²) in [5, 5.41) is 1.24. The minimum atomic E-state index is 0.603. The molecule has 1 aliphatic rings. The van der Waals surface area contributed by atoms with Crippen LogP contribution in [0.4, 0.5) is 11.4 Å². The Kier molecular flexibility index (Phi) is 3.29. The zero-order valence-corrected chi connectivity index (χ0v) is 11.9. The van der Waals surface area contributed by atoms with E-state index in [9.17, 15) is 0 Å². The Morgan fingerprint density at radius 1 is 1.16 bits per heavy atom. The average molecular weight is 293 g/mol. The molecule has 0 spiro atoms. The summed E-state index contributed by atoms with van der Waals surface area (Å²) in [7, 11) is 0. The summed E-state index contributed by atoms with van der Waals surface area (Å²) in [5.41, 5.74) is 10.3. The molecule has 2 aromatic rings. The summed E-state index contributed by atoms with van der Waals surface area (Å²) < 4.78 is 0. The highest BCUT2D eigenvalue weighted by Gasteiger charge is 2.20. The Morgan fingerprint density at radius 2 is 2.00 bits per heavy atom. The number of hydrogen-bond donors (Lipinski definition) is 1. The molecule has 0 atom stereocenters. The Balaban J connectivity index is 1.90. The lowest BCUT2D eigenvalue weighted by Crippen LogP contribution is -2.20. The average Bonchev–Trinajstić information content (AvgIpc) is 2.78. The van der Waals surface area contributed by atoms with Crippen molar-refractivity contribution < 1.29 is 0 Å². The number of halogens is 2. The van der Waals surface area contributed by atoms with Crippen LogP contribution < -0.4 is 10.6 Å². The van der Waals surface area contributed by atoms with Gasteiger partial charge in [-0.1, -0.05) is 41.4 Å². The predicted molar refractivity (Wildman–Crippen MR) is 82.1 cm³/mol. The number of hydrogen-bond acceptors (Lipinski definition) is 2. The van der Waals surface area contributed by atoms with Crippen molar-refractivity contribution in [3.05, 3.63) is 57.6 Å². The van der Waals surface area contributed by atoms with E-state index in [1.165, 1.54) is 11.3 Å². The van der Waals surface area contributed by atoms with Crippen LogP contribution >= 0.6 is 23.2 Å². The molecule has 1 heterocycles. The van der Waals surface area contributed by atoms with Crippen molar-refractivity contribution >= 4 is 34.6 Å². The van der Waals surface area contributed by atoms with E-state index in [1.54, 1.807) is 0 Å². The largest absolute Gasteiger partial charge is 0.399 e. The summed E-state index contributed by atoms with van der Waals surface area (Å²) in [6.07, 6.45) is 1.05. The van der Waals surface area contributed by atoms with Gasteiger partial charge in [0, 0.05) is 24.5 Å². The first kappa shape index (κ1) is 12.6. The summed E-state index contributed by atoms with van der Waals surface area (Å²) in [6.45, 7) is 1.75. The number of anilines is 2. The van der Waals surface area contributed by atoms with Gasteiger partial charge in [0.1, 0.15) is 0 Å². The molecule has 0 saturated heterocycles. The molecule has 4 heteroatoms. The van der Waals surface area contributed by atoms with Crippen LogP contribution in [-0.4, -0.2) is 6.54 Å². The van der Waals surface area contributed by atoms with Gasteiger partial charge in [-0.3, -0.25) is 0 Å². The molecule has 3 rings (SSSR count). The van der Waals surface area contributed by atoms with E-state index in [0.717, 1.165) is 30.8 Å². The van der Waals surface area contributed by atoms with E-state index in [1.807, 2.05) is 30.3 Å². The highest BCUT2D eigenvalue weighted by Crippen LogP contribution is 2.33. The summed E-state index contributed by atoms with van der Waals surface area (Å²) in [6, 6.07) is 11.8. The van der Waals surface area contributed by atoms with Gasteiger partial charge in [-0.2, -0.15) is 0 Å². The van der Waals surface area contributed by atoms with Crippen LogP contribution in [-0.2, 0) is 13.0 Å². The topological polar surface area (TPSA) is 29.3 Å². The second-order valence-electron chi connectivity index (χ2n) is 4.77. The van der Waals surface area contributed by atoms with Gasteiger partial charge in [0.05, 0.1) is 10.0 Å². The van der Waals surface area contributed by atoms with Crippen molar-refractivity contribution in [3.63, 3.8) is 0 Å². The van der Waals surface area contributed by atoms with Crippen molar-refractivity contribution in [2.75, 3.05) is 17.2 Å². The fraction of sp³-hybridized carbons (Fsp3) is 0.200. The van der Waals surface area contributed by atoms with Crippen molar-refractivity contribution in [2.24, 2.45) is 0 Å². The molecule has 2 nitrogen and oxygen atoms in total. The molecule has 0 fully saturated rings. The highest BCUT2D eigenvalue weighted by molar-refractivity contribution is 6.42. The minimum Gasteiger partial charge on any atom is -0.399 e. The molecule has 0 amide bonds. The molecule has 0 aliphatic carbocycles. The summed E-state index contributed by atoms with van der Waals surface area (Å²) in [4.78, 5) is 2.29. The molecule has 0 bridgehead atoms.